The molecule has 11 rings (SSSR count). The number of hydrogen-bond donors (Lipinski definition) is 0. The average Bonchev–Trinajstić information content (AvgIpc) is 3.86. The highest BCUT2D eigenvalue weighted by molar-refractivity contribution is 5.97. The number of benzene rings is 8. The quantitative estimate of drug-likeness (QED) is 0.172. The fourth-order valence-electron chi connectivity index (χ4n) is 10.8. The molecule has 1 unspecified atom stereocenters. The molecule has 0 aliphatic heterocycles. The van der Waals surface area contributed by atoms with Gasteiger partial charge >= 0.3 is 0 Å². The SMILES string of the molecule is [2H]C([2H])([2H])C(C)(c1ccc(-c2ccc(N(c3ccc4c(c3)C(C)(C)c3ccccc3-4)c3ccc4c(c3)C3(c5ccccc5-4)c4ccccc4-c4ccc(C(C)(C)C)cc43)cc2)cc1)C([2H])([2H])[2H]. The third-order valence-corrected chi connectivity index (χ3v) is 13.9. The van der Waals surface area contributed by atoms with Gasteiger partial charge in [0, 0.05) is 30.7 Å². The van der Waals surface area contributed by atoms with Crippen LogP contribution in [0.15, 0.2) is 176 Å². The normalized spacial score (nSPS) is 18.3. The second kappa shape index (κ2) is 13.0. The monoisotopic (exact) mass is 793 g/mol. The third-order valence-electron chi connectivity index (χ3n) is 13.9. The Morgan fingerprint density at radius 1 is 0.377 bits per heavy atom. The molecule has 61 heavy (non-hydrogen) atoms. The Kier molecular flexibility index (Phi) is 6.72. The van der Waals surface area contributed by atoms with Crippen LogP contribution in [0.25, 0.3) is 44.5 Å². The maximum atomic E-state index is 8.18. The lowest BCUT2D eigenvalue weighted by molar-refractivity contribution is 0.588. The summed E-state index contributed by atoms with van der Waals surface area (Å²) in [5.74, 6) is 0. The van der Waals surface area contributed by atoms with Crippen molar-refractivity contribution in [3.05, 3.63) is 220 Å². The van der Waals surface area contributed by atoms with Crippen molar-refractivity contribution in [1.82, 2.24) is 0 Å². The molecule has 298 valence electrons. The Morgan fingerprint density at radius 2 is 0.787 bits per heavy atom. The van der Waals surface area contributed by atoms with Crippen LogP contribution in [0.2, 0.25) is 0 Å². The van der Waals surface area contributed by atoms with E-state index in [9.17, 15) is 0 Å². The lowest BCUT2D eigenvalue weighted by Gasteiger charge is -2.33. The molecule has 1 heteroatoms. The smallest absolute Gasteiger partial charge is 0.0726 e. The zero-order valence-electron chi connectivity index (χ0n) is 41.7. The van der Waals surface area contributed by atoms with Crippen molar-refractivity contribution in [3.8, 4) is 44.5 Å². The van der Waals surface area contributed by atoms with Crippen molar-refractivity contribution in [1.29, 1.82) is 0 Å². The minimum Gasteiger partial charge on any atom is -0.310 e. The van der Waals surface area contributed by atoms with E-state index in [4.69, 9.17) is 8.22 Å². The summed E-state index contributed by atoms with van der Waals surface area (Å²) in [7, 11) is 0. The highest BCUT2D eigenvalue weighted by atomic mass is 15.1. The van der Waals surface area contributed by atoms with Gasteiger partial charge in [0.25, 0.3) is 0 Å². The van der Waals surface area contributed by atoms with Crippen LogP contribution in [-0.4, -0.2) is 0 Å². The number of hydrogen-bond acceptors (Lipinski definition) is 1. The maximum Gasteiger partial charge on any atom is 0.0726 e. The van der Waals surface area contributed by atoms with Crippen LogP contribution in [0.5, 0.6) is 0 Å². The Hall–Kier alpha value is -6.44. The molecule has 1 spiro atoms. The van der Waals surface area contributed by atoms with E-state index in [0.29, 0.717) is 0 Å². The summed E-state index contributed by atoms with van der Waals surface area (Å²) in [5.41, 5.74) is 19.0. The summed E-state index contributed by atoms with van der Waals surface area (Å²) >= 11 is 0. The van der Waals surface area contributed by atoms with Gasteiger partial charge in [0.05, 0.1) is 5.41 Å². The molecule has 3 aliphatic rings. The first-order valence-electron chi connectivity index (χ1n) is 24.5. The van der Waals surface area contributed by atoms with Crippen molar-refractivity contribution in [2.75, 3.05) is 4.90 Å². The van der Waals surface area contributed by atoms with Gasteiger partial charge in [-0.05, 0) is 136 Å². The molecular weight excluding hydrogens is 735 g/mol. The zero-order chi connectivity index (χ0) is 47.1. The van der Waals surface area contributed by atoms with Crippen molar-refractivity contribution in [2.24, 2.45) is 0 Å². The van der Waals surface area contributed by atoms with Gasteiger partial charge in [-0.1, -0.05) is 195 Å². The largest absolute Gasteiger partial charge is 0.310 e. The molecule has 3 aliphatic carbocycles. The lowest BCUT2D eigenvalue weighted by Crippen LogP contribution is -2.27. The Bertz CT molecular complexity index is 3270. The highest BCUT2D eigenvalue weighted by Crippen LogP contribution is 2.64. The number of rotatable bonds is 4. The predicted octanol–water partition coefficient (Wildman–Crippen LogP) is 16.1. The van der Waals surface area contributed by atoms with Gasteiger partial charge in [0.1, 0.15) is 0 Å². The average molecular weight is 794 g/mol. The van der Waals surface area contributed by atoms with Crippen LogP contribution >= 0.6 is 0 Å². The summed E-state index contributed by atoms with van der Waals surface area (Å²) < 4.78 is 49.1. The molecule has 0 radical (unpaired) electrons. The number of anilines is 3. The van der Waals surface area contributed by atoms with Crippen molar-refractivity contribution in [2.45, 2.75) is 76.9 Å². The van der Waals surface area contributed by atoms with Crippen LogP contribution in [0, 0.1) is 0 Å². The molecule has 0 heterocycles. The fourth-order valence-corrected chi connectivity index (χ4v) is 10.8. The van der Waals surface area contributed by atoms with E-state index < -0.39 is 24.5 Å². The first kappa shape index (κ1) is 31.4. The van der Waals surface area contributed by atoms with E-state index in [1.54, 1.807) is 12.1 Å². The van der Waals surface area contributed by atoms with Gasteiger partial charge in [-0.2, -0.15) is 0 Å². The summed E-state index contributed by atoms with van der Waals surface area (Å²) in [6.07, 6.45) is 0. The molecule has 0 fully saturated rings. The standard InChI is InChI=1S/C60H53N/c1-57(2,3)40-25-21-38(22-26-40)39-23-28-42(29-24-39)61(43-30-33-48-45-15-9-12-18-51(45)59(7,8)54(48)36-43)44-31-34-50-47-17-11-14-20-53(47)60(56(50)37-44)52-19-13-10-16-46(52)49-32-27-41(35-55(49)60)58(4,5)6/h9-37H,1-8H3/i1D3,2D3. The topological polar surface area (TPSA) is 3.24 Å². The van der Waals surface area contributed by atoms with E-state index in [-0.39, 0.29) is 16.4 Å². The molecule has 8 aromatic carbocycles. The molecule has 1 atom stereocenters. The molecule has 8 aromatic rings. The van der Waals surface area contributed by atoms with Gasteiger partial charge in [0.2, 0.25) is 0 Å². The molecule has 0 aromatic heterocycles. The van der Waals surface area contributed by atoms with E-state index in [0.717, 1.165) is 28.2 Å². The van der Waals surface area contributed by atoms with E-state index in [2.05, 4.69) is 191 Å². The van der Waals surface area contributed by atoms with Crippen molar-refractivity contribution in [3.63, 3.8) is 0 Å². The summed E-state index contributed by atoms with van der Waals surface area (Å²) in [5, 5.41) is 0. The third kappa shape index (κ3) is 5.46. The van der Waals surface area contributed by atoms with Crippen LogP contribution in [0.4, 0.5) is 17.1 Å². The Morgan fingerprint density at radius 3 is 1.34 bits per heavy atom. The summed E-state index contributed by atoms with van der Waals surface area (Å²) in [6, 6.07) is 63.3. The molecular formula is C60H53N. The van der Waals surface area contributed by atoms with Gasteiger partial charge < -0.3 is 4.90 Å². The lowest BCUT2D eigenvalue weighted by atomic mass is 9.69. The second-order valence-electron chi connectivity index (χ2n) is 19.1. The molecule has 0 saturated heterocycles. The van der Waals surface area contributed by atoms with Gasteiger partial charge in [-0.3, -0.25) is 0 Å². The van der Waals surface area contributed by atoms with Crippen molar-refractivity contribution < 1.29 is 8.22 Å². The molecule has 0 saturated carbocycles. The van der Waals surface area contributed by atoms with E-state index >= 15 is 0 Å². The predicted molar refractivity (Wildman–Crippen MR) is 258 cm³/mol. The minimum absolute atomic E-state index is 0.0458. The highest BCUT2D eigenvalue weighted by Gasteiger charge is 2.52. The number of fused-ring (bicyclic) bond motifs is 13. The van der Waals surface area contributed by atoms with E-state index in [1.165, 1.54) is 79.2 Å². The van der Waals surface area contributed by atoms with Crippen LogP contribution in [-0.2, 0) is 21.7 Å². The summed E-state index contributed by atoms with van der Waals surface area (Å²) in [4.78, 5) is 2.38. The van der Waals surface area contributed by atoms with Crippen LogP contribution in [0.1, 0.15) is 108 Å². The first-order valence-corrected chi connectivity index (χ1v) is 21.5. The fraction of sp³-hybridized carbons (Fsp3) is 0.200. The molecule has 1 nitrogen and oxygen atoms in total. The second-order valence-corrected chi connectivity index (χ2v) is 19.1. The van der Waals surface area contributed by atoms with Gasteiger partial charge in [0.15, 0.2) is 0 Å². The molecule has 0 amide bonds. The maximum absolute atomic E-state index is 8.18. The van der Waals surface area contributed by atoms with Crippen molar-refractivity contribution >= 4 is 17.1 Å². The molecule has 0 N–H and O–H groups in total. The first-order chi connectivity index (χ1) is 31.8. The Balaban J connectivity index is 1.10. The zero-order valence-corrected chi connectivity index (χ0v) is 35.7. The minimum atomic E-state index is -2.72. The van der Waals surface area contributed by atoms with E-state index in [1.807, 2.05) is 12.1 Å². The summed E-state index contributed by atoms with van der Waals surface area (Å²) in [6.45, 7) is 7.40. The molecule has 0 bridgehead atoms. The van der Waals surface area contributed by atoms with Gasteiger partial charge in [-0.25, -0.2) is 0 Å². The van der Waals surface area contributed by atoms with Gasteiger partial charge in [-0.15, -0.1) is 0 Å². The Labute approximate surface area is 370 Å². The number of nitrogens with zero attached hydrogens (tertiary/aromatic N) is 1. The van der Waals surface area contributed by atoms with Crippen LogP contribution < -0.4 is 4.90 Å². The van der Waals surface area contributed by atoms with Crippen LogP contribution in [0.3, 0.4) is 0 Å².